The lowest BCUT2D eigenvalue weighted by molar-refractivity contribution is 0.0908. The molecule has 7 nitrogen and oxygen atoms in total. The second-order valence-corrected chi connectivity index (χ2v) is 5.95. The smallest absolute Gasteiger partial charge is 0.268 e. The maximum absolute atomic E-state index is 12.4. The van der Waals surface area contributed by atoms with Gasteiger partial charge in [0.15, 0.2) is 5.78 Å². The molecule has 24 heavy (non-hydrogen) atoms. The van der Waals surface area contributed by atoms with Gasteiger partial charge in [-0.2, -0.15) is 0 Å². The maximum atomic E-state index is 12.4. The van der Waals surface area contributed by atoms with Crippen molar-refractivity contribution in [3.05, 3.63) is 56.8 Å². The molecule has 0 saturated carbocycles. The number of amides is 1. The number of fused-ring (bicyclic) bond motifs is 1. The molecule has 0 saturated heterocycles. The predicted molar refractivity (Wildman–Crippen MR) is 87.2 cm³/mol. The molecule has 1 aliphatic rings. The normalized spacial score (nSPS) is 15.0. The number of pyridine rings is 1. The van der Waals surface area contributed by atoms with Crippen molar-refractivity contribution in [3.63, 3.8) is 0 Å². The van der Waals surface area contributed by atoms with Crippen molar-refractivity contribution in [2.75, 3.05) is 6.54 Å². The number of nitrogens with one attached hydrogen (secondary N) is 3. The SMILES string of the molecule is Cc1c(C(=O)NCC(O)c2cccc(=O)[nH]2)[nH]c2c1C(=O)CCC2. The molecule has 3 rings (SSSR count). The minimum Gasteiger partial charge on any atom is -0.385 e. The molecule has 2 heterocycles. The number of rotatable bonds is 4. The maximum Gasteiger partial charge on any atom is 0.268 e. The number of carbonyl (C=O) groups is 2. The van der Waals surface area contributed by atoms with E-state index in [0.29, 0.717) is 28.9 Å². The number of hydrogen-bond donors (Lipinski definition) is 4. The number of ketones is 1. The van der Waals surface area contributed by atoms with Gasteiger partial charge in [-0.05, 0) is 31.4 Å². The van der Waals surface area contributed by atoms with E-state index in [0.717, 1.165) is 18.5 Å². The molecule has 7 heteroatoms. The Bertz CT molecular complexity index is 850. The van der Waals surface area contributed by atoms with Crippen LogP contribution in [-0.4, -0.2) is 33.3 Å². The second kappa shape index (κ2) is 6.45. The first kappa shape index (κ1) is 16.2. The van der Waals surface area contributed by atoms with Crippen molar-refractivity contribution in [3.8, 4) is 0 Å². The third-order valence-corrected chi connectivity index (χ3v) is 4.27. The van der Waals surface area contributed by atoms with Crippen LogP contribution in [0.25, 0.3) is 0 Å². The van der Waals surface area contributed by atoms with E-state index in [9.17, 15) is 19.5 Å². The van der Waals surface area contributed by atoms with Gasteiger partial charge >= 0.3 is 0 Å². The van der Waals surface area contributed by atoms with Crippen LogP contribution in [0.15, 0.2) is 23.0 Å². The standard InChI is InChI=1S/C17H19N3O4/c1-9-15-11(5-2-6-12(15)21)20-16(9)17(24)18-8-13(22)10-4-3-7-14(23)19-10/h3-4,7,13,20,22H,2,5-6,8H2,1H3,(H,18,24)(H,19,23). The quantitative estimate of drug-likeness (QED) is 0.669. The summed E-state index contributed by atoms with van der Waals surface area (Å²) in [7, 11) is 0. The summed E-state index contributed by atoms with van der Waals surface area (Å²) < 4.78 is 0. The molecule has 0 spiro atoms. The van der Waals surface area contributed by atoms with Crippen LogP contribution < -0.4 is 10.9 Å². The summed E-state index contributed by atoms with van der Waals surface area (Å²) in [6.07, 6.45) is 1.03. The Morgan fingerprint density at radius 1 is 1.29 bits per heavy atom. The van der Waals surface area contributed by atoms with Crippen LogP contribution in [0.3, 0.4) is 0 Å². The summed E-state index contributed by atoms with van der Waals surface area (Å²) in [4.78, 5) is 41.2. The van der Waals surface area contributed by atoms with Crippen LogP contribution >= 0.6 is 0 Å². The largest absolute Gasteiger partial charge is 0.385 e. The van der Waals surface area contributed by atoms with Crippen LogP contribution in [0.4, 0.5) is 0 Å². The van der Waals surface area contributed by atoms with Crippen molar-refractivity contribution in [2.24, 2.45) is 0 Å². The highest BCUT2D eigenvalue weighted by Gasteiger charge is 2.26. The Morgan fingerprint density at radius 3 is 2.79 bits per heavy atom. The van der Waals surface area contributed by atoms with E-state index in [1.807, 2.05) is 0 Å². The first-order valence-electron chi connectivity index (χ1n) is 7.87. The van der Waals surface area contributed by atoms with E-state index < -0.39 is 6.10 Å². The number of aromatic nitrogens is 2. The molecule has 0 radical (unpaired) electrons. The van der Waals surface area contributed by atoms with E-state index in [-0.39, 0.29) is 23.8 Å². The van der Waals surface area contributed by atoms with Crippen molar-refractivity contribution in [1.82, 2.24) is 15.3 Å². The monoisotopic (exact) mass is 329 g/mol. The van der Waals surface area contributed by atoms with Crippen LogP contribution in [0.5, 0.6) is 0 Å². The van der Waals surface area contributed by atoms with E-state index in [2.05, 4.69) is 15.3 Å². The summed E-state index contributed by atoms with van der Waals surface area (Å²) in [5.74, 6) is -0.321. The van der Waals surface area contributed by atoms with Crippen LogP contribution in [0, 0.1) is 6.92 Å². The molecule has 1 amide bonds. The molecule has 1 aliphatic carbocycles. The molecule has 126 valence electrons. The molecule has 0 fully saturated rings. The van der Waals surface area contributed by atoms with Gasteiger partial charge in [-0.15, -0.1) is 0 Å². The molecule has 0 aromatic carbocycles. The zero-order chi connectivity index (χ0) is 17.3. The average molecular weight is 329 g/mol. The number of aryl methyl sites for hydroxylation is 1. The first-order chi connectivity index (χ1) is 11.5. The third-order valence-electron chi connectivity index (χ3n) is 4.27. The molecular formula is C17H19N3O4. The van der Waals surface area contributed by atoms with Crippen LogP contribution in [0.2, 0.25) is 0 Å². The van der Waals surface area contributed by atoms with Crippen LogP contribution in [-0.2, 0) is 6.42 Å². The molecule has 1 unspecified atom stereocenters. The Balaban J connectivity index is 1.72. The highest BCUT2D eigenvalue weighted by molar-refractivity contribution is 6.04. The summed E-state index contributed by atoms with van der Waals surface area (Å²) in [5, 5.41) is 12.7. The fraction of sp³-hybridized carbons (Fsp3) is 0.353. The number of hydrogen-bond acceptors (Lipinski definition) is 4. The van der Waals surface area contributed by atoms with Crippen molar-refractivity contribution >= 4 is 11.7 Å². The average Bonchev–Trinajstić information content (AvgIpc) is 2.90. The van der Waals surface area contributed by atoms with E-state index in [1.54, 1.807) is 13.0 Å². The zero-order valence-electron chi connectivity index (χ0n) is 13.3. The number of Topliss-reactive ketones (excluding diaryl/α,β-unsaturated/α-hetero) is 1. The molecule has 0 bridgehead atoms. The summed E-state index contributed by atoms with van der Waals surface area (Å²) >= 11 is 0. The lowest BCUT2D eigenvalue weighted by atomic mass is 9.94. The Hall–Kier alpha value is -2.67. The first-order valence-corrected chi connectivity index (χ1v) is 7.87. The number of aromatic amines is 2. The van der Waals surface area contributed by atoms with Gasteiger partial charge in [0.1, 0.15) is 11.8 Å². The summed E-state index contributed by atoms with van der Waals surface area (Å²) in [5.41, 5.74) is 2.45. The van der Waals surface area contributed by atoms with Gasteiger partial charge in [0.05, 0.1) is 0 Å². The molecule has 4 N–H and O–H groups in total. The second-order valence-electron chi connectivity index (χ2n) is 5.95. The third kappa shape index (κ3) is 3.03. The van der Waals surface area contributed by atoms with Crippen molar-refractivity contribution in [2.45, 2.75) is 32.3 Å². The van der Waals surface area contributed by atoms with Crippen LogP contribution in [0.1, 0.15) is 56.7 Å². The number of H-pyrrole nitrogens is 2. The van der Waals surface area contributed by atoms with Gasteiger partial charge in [0, 0.05) is 36.0 Å². The predicted octanol–water partition coefficient (Wildman–Crippen LogP) is 0.994. The van der Waals surface area contributed by atoms with Crippen molar-refractivity contribution in [1.29, 1.82) is 0 Å². The molecule has 2 aromatic heterocycles. The minimum atomic E-state index is -1.02. The van der Waals surface area contributed by atoms with E-state index in [1.165, 1.54) is 12.1 Å². The fourth-order valence-electron chi connectivity index (χ4n) is 3.05. The Kier molecular flexibility index (Phi) is 4.35. The van der Waals surface area contributed by atoms with Gasteiger partial charge < -0.3 is 20.4 Å². The fourth-order valence-corrected chi connectivity index (χ4v) is 3.05. The Morgan fingerprint density at radius 2 is 2.08 bits per heavy atom. The number of aliphatic hydroxyl groups is 1. The van der Waals surface area contributed by atoms with Gasteiger partial charge in [-0.1, -0.05) is 6.07 Å². The summed E-state index contributed by atoms with van der Waals surface area (Å²) in [6.45, 7) is 1.70. The highest BCUT2D eigenvalue weighted by atomic mass is 16.3. The molecule has 2 aromatic rings. The number of carbonyl (C=O) groups excluding carboxylic acids is 2. The van der Waals surface area contributed by atoms with Gasteiger partial charge in [0.2, 0.25) is 5.56 Å². The topological polar surface area (TPSA) is 115 Å². The van der Waals surface area contributed by atoms with Crippen molar-refractivity contribution < 1.29 is 14.7 Å². The van der Waals surface area contributed by atoms with E-state index in [4.69, 9.17) is 0 Å². The Labute approximate surface area is 138 Å². The minimum absolute atomic E-state index is 0.0458. The van der Waals surface area contributed by atoms with Gasteiger partial charge in [0.25, 0.3) is 5.91 Å². The van der Waals surface area contributed by atoms with Gasteiger partial charge in [-0.3, -0.25) is 14.4 Å². The molecule has 0 aliphatic heterocycles. The number of aliphatic hydroxyl groups excluding tert-OH is 1. The summed E-state index contributed by atoms with van der Waals surface area (Å²) in [6, 6.07) is 4.46. The highest BCUT2D eigenvalue weighted by Crippen LogP contribution is 2.26. The lowest BCUT2D eigenvalue weighted by Gasteiger charge is -2.11. The lowest BCUT2D eigenvalue weighted by Crippen LogP contribution is -2.30. The zero-order valence-corrected chi connectivity index (χ0v) is 13.3. The van der Waals surface area contributed by atoms with E-state index >= 15 is 0 Å². The van der Waals surface area contributed by atoms with Gasteiger partial charge in [-0.25, -0.2) is 0 Å². The molecule has 1 atom stereocenters. The molecular weight excluding hydrogens is 310 g/mol.